The zero-order valence-electron chi connectivity index (χ0n) is 23.5. The number of aryl methyl sites for hydroxylation is 1. The van der Waals surface area contributed by atoms with E-state index in [0.29, 0.717) is 35.2 Å². The molecule has 8 nitrogen and oxygen atoms in total. The van der Waals surface area contributed by atoms with Crippen molar-refractivity contribution in [3.8, 4) is 11.5 Å². The summed E-state index contributed by atoms with van der Waals surface area (Å²) in [4.78, 5) is 7.24. The Morgan fingerprint density at radius 2 is 1.95 bits per heavy atom. The van der Waals surface area contributed by atoms with E-state index >= 15 is 0 Å². The number of aliphatic hydroxyl groups excluding tert-OH is 2. The van der Waals surface area contributed by atoms with Crippen molar-refractivity contribution in [1.29, 1.82) is 0 Å². The van der Waals surface area contributed by atoms with Gasteiger partial charge in [0.2, 0.25) is 0 Å². The largest absolute Gasteiger partial charge is 0.444 e. The molecule has 3 aromatic rings. The third kappa shape index (κ3) is 5.58. The van der Waals surface area contributed by atoms with Crippen LogP contribution in [0.15, 0.2) is 36.4 Å². The number of fused-ring (bicyclic) bond motifs is 1. The van der Waals surface area contributed by atoms with E-state index in [9.17, 15) is 14.6 Å². The molecule has 3 aliphatic rings. The summed E-state index contributed by atoms with van der Waals surface area (Å²) in [7, 11) is 0. The lowest BCUT2D eigenvalue weighted by Gasteiger charge is -2.33. The molecule has 2 saturated heterocycles. The van der Waals surface area contributed by atoms with Gasteiger partial charge in [0, 0.05) is 37.1 Å². The molecule has 0 saturated carbocycles. The van der Waals surface area contributed by atoms with Gasteiger partial charge in [-0.05, 0) is 69.5 Å². The van der Waals surface area contributed by atoms with E-state index in [2.05, 4.69) is 15.5 Å². The third-order valence-corrected chi connectivity index (χ3v) is 8.83. The summed E-state index contributed by atoms with van der Waals surface area (Å²) in [5, 5.41) is 20.5. The number of likely N-dealkylation sites (tertiary alicyclic amines) is 1. The van der Waals surface area contributed by atoms with Gasteiger partial charge in [0.05, 0.1) is 42.2 Å². The van der Waals surface area contributed by atoms with E-state index in [1.54, 1.807) is 19.1 Å². The number of ether oxygens (including phenoxy) is 3. The van der Waals surface area contributed by atoms with Crippen LogP contribution in [0.25, 0.3) is 0 Å². The maximum absolute atomic E-state index is 14.8. The Kier molecular flexibility index (Phi) is 8.00. The minimum Gasteiger partial charge on any atom is -0.444 e. The van der Waals surface area contributed by atoms with Crippen LogP contribution in [-0.4, -0.2) is 57.1 Å². The molecule has 6 rings (SSSR count). The highest BCUT2D eigenvalue weighted by atomic mass is 35.5. The Bertz CT molecular complexity index is 1400. The van der Waals surface area contributed by atoms with E-state index in [0.717, 1.165) is 61.7 Å². The minimum atomic E-state index is -1.27. The van der Waals surface area contributed by atoms with E-state index in [-0.39, 0.29) is 25.0 Å². The molecule has 3 unspecified atom stereocenters. The van der Waals surface area contributed by atoms with Crippen LogP contribution in [0.2, 0.25) is 5.02 Å². The quantitative estimate of drug-likeness (QED) is 0.356. The molecule has 2 aromatic carbocycles. The highest BCUT2D eigenvalue weighted by Gasteiger charge is 2.43. The van der Waals surface area contributed by atoms with Crippen LogP contribution in [0.5, 0.6) is 11.5 Å². The van der Waals surface area contributed by atoms with Crippen molar-refractivity contribution in [2.45, 2.75) is 76.5 Å². The van der Waals surface area contributed by atoms with Gasteiger partial charge >= 0.3 is 0 Å². The van der Waals surface area contributed by atoms with Gasteiger partial charge in [-0.25, -0.2) is 9.37 Å². The summed E-state index contributed by atoms with van der Waals surface area (Å²) in [6, 6.07) is 10.4. The standard InChI is InChI=1S/C31H37ClFN3O5/c1-19-29(26(38)10-14-37)36(17-22-11-15-39-22)28(34-19)18-35-12-8-20(9-13-35)23-4-3-5-27-30(23)41-31(2,40-27)24-7-6-21(32)16-25(24)33/h3-7,16,20,22,26,37-38H,8-15,17-18H2,1-2H3. The Balaban J connectivity index is 1.16. The summed E-state index contributed by atoms with van der Waals surface area (Å²) >= 11 is 5.97. The number of halogens is 2. The van der Waals surface area contributed by atoms with E-state index in [1.807, 2.05) is 19.1 Å². The van der Waals surface area contributed by atoms with Crippen LogP contribution >= 0.6 is 11.6 Å². The lowest BCUT2D eigenvalue weighted by molar-refractivity contribution is -0.0712. The second-order valence-corrected chi connectivity index (χ2v) is 11.9. The summed E-state index contributed by atoms with van der Waals surface area (Å²) < 4.78 is 35.1. The van der Waals surface area contributed by atoms with Crippen molar-refractivity contribution in [3.05, 3.63) is 75.6 Å². The molecular weight excluding hydrogens is 549 g/mol. The zero-order valence-corrected chi connectivity index (χ0v) is 24.2. The van der Waals surface area contributed by atoms with Crippen LogP contribution < -0.4 is 9.47 Å². The molecule has 2 fully saturated rings. The van der Waals surface area contributed by atoms with Crippen LogP contribution in [0.3, 0.4) is 0 Å². The number of benzene rings is 2. The van der Waals surface area contributed by atoms with Gasteiger partial charge in [-0.3, -0.25) is 4.90 Å². The zero-order chi connectivity index (χ0) is 28.7. The molecule has 4 heterocycles. The monoisotopic (exact) mass is 585 g/mol. The lowest BCUT2D eigenvalue weighted by Crippen LogP contribution is -2.36. The Morgan fingerprint density at radius 3 is 2.63 bits per heavy atom. The average molecular weight is 586 g/mol. The fourth-order valence-electron chi connectivity index (χ4n) is 6.32. The van der Waals surface area contributed by atoms with Crippen molar-refractivity contribution >= 4 is 11.6 Å². The molecule has 41 heavy (non-hydrogen) atoms. The topological polar surface area (TPSA) is 89.2 Å². The van der Waals surface area contributed by atoms with Crippen molar-refractivity contribution in [3.63, 3.8) is 0 Å². The van der Waals surface area contributed by atoms with Gasteiger partial charge in [0.25, 0.3) is 5.79 Å². The van der Waals surface area contributed by atoms with Gasteiger partial charge in [-0.2, -0.15) is 0 Å². The minimum absolute atomic E-state index is 0.0830. The van der Waals surface area contributed by atoms with Crippen molar-refractivity contribution in [2.75, 3.05) is 26.3 Å². The number of hydrogen-bond donors (Lipinski definition) is 2. The molecule has 3 aliphatic heterocycles. The highest BCUT2D eigenvalue weighted by molar-refractivity contribution is 6.30. The number of aliphatic hydroxyl groups is 2. The van der Waals surface area contributed by atoms with Crippen LogP contribution in [0.1, 0.15) is 73.0 Å². The van der Waals surface area contributed by atoms with Crippen molar-refractivity contribution in [1.82, 2.24) is 14.5 Å². The summed E-state index contributed by atoms with van der Waals surface area (Å²) in [5.74, 6) is 0.747. The second kappa shape index (κ2) is 11.5. The van der Waals surface area contributed by atoms with Crippen LogP contribution in [-0.2, 0) is 23.6 Å². The second-order valence-electron chi connectivity index (χ2n) is 11.4. The molecule has 0 aliphatic carbocycles. The fourth-order valence-corrected chi connectivity index (χ4v) is 6.48. The Morgan fingerprint density at radius 1 is 1.17 bits per heavy atom. The first kappa shape index (κ1) is 28.4. The Labute approximate surface area is 244 Å². The number of nitrogens with zero attached hydrogens (tertiary/aromatic N) is 3. The molecule has 10 heteroatoms. The predicted octanol–water partition coefficient (Wildman–Crippen LogP) is 5.21. The molecular formula is C31H37ClFN3O5. The predicted molar refractivity (Wildman–Crippen MR) is 152 cm³/mol. The van der Waals surface area contributed by atoms with Crippen LogP contribution in [0, 0.1) is 12.7 Å². The molecule has 220 valence electrons. The van der Waals surface area contributed by atoms with Gasteiger partial charge in [0.1, 0.15) is 11.6 Å². The molecule has 0 spiro atoms. The number of rotatable bonds is 9. The summed E-state index contributed by atoms with van der Waals surface area (Å²) in [6.07, 6.45) is 2.49. The first-order valence-electron chi connectivity index (χ1n) is 14.4. The first-order chi connectivity index (χ1) is 19.8. The highest BCUT2D eigenvalue weighted by Crippen LogP contribution is 2.50. The maximum Gasteiger partial charge on any atom is 0.278 e. The number of piperidine rings is 1. The number of imidazole rings is 1. The number of hydrogen-bond acceptors (Lipinski definition) is 7. The third-order valence-electron chi connectivity index (χ3n) is 8.59. The number of aromatic nitrogens is 2. The molecule has 3 atom stereocenters. The average Bonchev–Trinajstić information content (AvgIpc) is 3.42. The number of para-hydroxylation sites is 1. The van der Waals surface area contributed by atoms with Gasteiger partial charge < -0.3 is 29.0 Å². The molecule has 0 radical (unpaired) electrons. The van der Waals surface area contributed by atoms with Gasteiger partial charge in [-0.1, -0.05) is 23.7 Å². The van der Waals surface area contributed by atoms with Crippen LogP contribution in [0.4, 0.5) is 4.39 Å². The smallest absolute Gasteiger partial charge is 0.278 e. The fraction of sp³-hybridized carbons (Fsp3) is 0.516. The first-order valence-corrected chi connectivity index (χ1v) is 14.8. The summed E-state index contributed by atoms with van der Waals surface area (Å²) in [5.41, 5.74) is 2.96. The van der Waals surface area contributed by atoms with E-state index in [1.165, 1.54) is 6.07 Å². The van der Waals surface area contributed by atoms with Gasteiger partial charge in [-0.15, -0.1) is 0 Å². The van der Waals surface area contributed by atoms with Crippen molar-refractivity contribution < 1.29 is 28.8 Å². The van der Waals surface area contributed by atoms with E-state index in [4.69, 9.17) is 30.8 Å². The molecule has 0 bridgehead atoms. The SMILES string of the molecule is Cc1nc(CN2CCC(c3cccc4c3OC(C)(c3ccc(Cl)cc3F)O4)CC2)n(CC2CCO2)c1C(O)CCO. The molecule has 0 amide bonds. The normalized spacial score (nSPS) is 23.5. The lowest BCUT2D eigenvalue weighted by atomic mass is 9.88. The molecule has 2 N–H and O–H groups in total. The Hall–Kier alpha value is -2.69. The van der Waals surface area contributed by atoms with Crippen molar-refractivity contribution in [2.24, 2.45) is 0 Å². The molecule has 1 aromatic heterocycles. The summed E-state index contributed by atoms with van der Waals surface area (Å²) in [6.45, 7) is 7.41. The van der Waals surface area contributed by atoms with E-state index < -0.39 is 17.7 Å². The van der Waals surface area contributed by atoms with Gasteiger partial charge in [0.15, 0.2) is 11.5 Å². The maximum atomic E-state index is 14.8.